The zero-order chi connectivity index (χ0) is 20.8. The van der Waals surface area contributed by atoms with E-state index < -0.39 is 17.0 Å². The van der Waals surface area contributed by atoms with Crippen LogP contribution in [-0.4, -0.2) is 41.4 Å². The second-order valence-corrected chi connectivity index (χ2v) is 6.82. The molecule has 5 N–H and O–H groups in total. The van der Waals surface area contributed by atoms with Crippen LogP contribution in [-0.2, 0) is 11.3 Å². The molecular formula is C19H26N5O4+. The summed E-state index contributed by atoms with van der Waals surface area (Å²) < 4.78 is 1.17. The molecule has 9 nitrogen and oxygen atoms in total. The number of amides is 1. The first-order chi connectivity index (χ1) is 13.2. The molecule has 0 aliphatic carbocycles. The molecule has 1 heterocycles. The summed E-state index contributed by atoms with van der Waals surface area (Å²) in [6.07, 6.45) is 0.619. The molecule has 0 aliphatic heterocycles. The average molecular weight is 388 g/mol. The Kier molecular flexibility index (Phi) is 6.89. The monoisotopic (exact) mass is 388 g/mol. The lowest BCUT2D eigenvalue weighted by molar-refractivity contribution is -0.861. The third-order valence-electron chi connectivity index (χ3n) is 4.23. The molecule has 28 heavy (non-hydrogen) atoms. The number of Topliss-reactive ketones (excluding diaryl/α,β-unsaturated/α-hetero) is 1. The van der Waals surface area contributed by atoms with E-state index >= 15 is 0 Å². The SMILES string of the molecule is CCCn1c(N)c(C(=O)C[NH+](C)CC(=O)Nc2ccc(C)cc2)c(=O)[nH]c1=O. The Morgan fingerprint density at radius 1 is 1.18 bits per heavy atom. The van der Waals surface area contributed by atoms with Crippen molar-refractivity contribution in [3.05, 3.63) is 56.2 Å². The summed E-state index contributed by atoms with van der Waals surface area (Å²) in [6.45, 7) is 4.02. The maximum Gasteiger partial charge on any atom is 0.329 e. The number of likely N-dealkylation sites (N-methyl/N-ethyl adjacent to an activating group) is 1. The zero-order valence-electron chi connectivity index (χ0n) is 16.3. The lowest BCUT2D eigenvalue weighted by atomic mass is 10.2. The van der Waals surface area contributed by atoms with Gasteiger partial charge in [0, 0.05) is 12.2 Å². The largest absolute Gasteiger partial charge is 0.384 e. The Hall–Kier alpha value is -3.20. The maximum absolute atomic E-state index is 12.6. The number of benzene rings is 1. The number of quaternary nitrogens is 1. The number of hydrogen-bond acceptors (Lipinski definition) is 5. The van der Waals surface area contributed by atoms with Gasteiger partial charge in [-0.1, -0.05) is 24.6 Å². The van der Waals surface area contributed by atoms with Gasteiger partial charge >= 0.3 is 5.69 Å². The summed E-state index contributed by atoms with van der Waals surface area (Å²) in [5, 5.41) is 2.76. The van der Waals surface area contributed by atoms with Gasteiger partial charge in [-0.05, 0) is 25.5 Å². The molecule has 1 aromatic carbocycles. The molecule has 2 rings (SSSR count). The molecule has 9 heteroatoms. The average Bonchev–Trinajstić information content (AvgIpc) is 2.60. The maximum atomic E-state index is 12.6. The van der Waals surface area contributed by atoms with Gasteiger partial charge in [-0.15, -0.1) is 0 Å². The van der Waals surface area contributed by atoms with Crippen LogP contribution in [0.4, 0.5) is 11.5 Å². The molecule has 0 saturated heterocycles. The van der Waals surface area contributed by atoms with Gasteiger partial charge in [0.05, 0.1) is 7.05 Å². The molecule has 0 fully saturated rings. The predicted molar refractivity (Wildman–Crippen MR) is 107 cm³/mol. The number of nitrogens with one attached hydrogen (secondary N) is 3. The highest BCUT2D eigenvalue weighted by Crippen LogP contribution is 2.08. The van der Waals surface area contributed by atoms with Gasteiger partial charge in [0.2, 0.25) is 5.78 Å². The van der Waals surface area contributed by atoms with Crippen molar-refractivity contribution in [3.8, 4) is 0 Å². The lowest BCUT2D eigenvalue weighted by Gasteiger charge is -2.15. The van der Waals surface area contributed by atoms with Gasteiger partial charge in [-0.2, -0.15) is 0 Å². The Morgan fingerprint density at radius 2 is 1.82 bits per heavy atom. The number of anilines is 2. The van der Waals surface area contributed by atoms with Gasteiger partial charge in [0.15, 0.2) is 6.54 Å². The number of hydrogen-bond donors (Lipinski definition) is 4. The molecule has 1 atom stereocenters. The van der Waals surface area contributed by atoms with Crippen LogP contribution in [0, 0.1) is 6.92 Å². The topological polar surface area (TPSA) is 131 Å². The Balaban J connectivity index is 2.07. The fourth-order valence-corrected chi connectivity index (χ4v) is 2.84. The molecule has 0 aliphatic rings. The fourth-order valence-electron chi connectivity index (χ4n) is 2.84. The Morgan fingerprint density at radius 3 is 2.43 bits per heavy atom. The van der Waals surface area contributed by atoms with E-state index in [0.29, 0.717) is 23.6 Å². The van der Waals surface area contributed by atoms with Crippen molar-refractivity contribution in [2.75, 3.05) is 31.2 Å². The molecule has 0 bridgehead atoms. The van der Waals surface area contributed by atoms with Crippen molar-refractivity contribution in [2.24, 2.45) is 0 Å². The Bertz CT molecular complexity index is 975. The summed E-state index contributed by atoms with van der Waals surface area (Å²) >= 11 is 0. The van der Waals surface area contributed by atoms with E-state index in [0.717, 1.165) is 5.56 Å². The minimum absolute atomic E-state index is 0.0338. The van der Waals surface area contributed by atoms with Crippen LogP contribution in [0.1, 0.15) is 29.3 Å². The number of ketones is 1. The first-order valence-electron chi connectivity index (χ1n) is 9.06. The molecule has 2 aromatic rings. The number of nitrogens with zero attached hydrogens (tertiary/aromatic N) is 1. The van der Waals surface area contributed by atoms with E-state index in [-0.39, 0.29) is 30.4 Å². The number of carbonyl (C=O) groups excluding carboxylic acids is 2. The molecule has 150 valence electrons. The van der Waals surface area contributed by atoms with E-state index in [4.69, 9.17) is 5.73 Å². The smallest absolute Gasteiger partial charge is 0.329 e. The molecule has 1 aromatic heterocycles. The number of carbonyl (C=O) groups is 2. The highest BCUT2D eigenvalue weighted by Gasteiger charge is 2.23. The van der Waals surface area contributed by atoms with Gasteiger partial charge in [-0.3, -0.25) is 23.9 Å². The van der Waals surface area contributed by atoms with Crippen LogP contribution in [0.5, 0.6) is 0 Å². The summed E-state index contributed by atoms with van der Waals surface area (Å²) in [4.78, 5) is 51.4. The second kappa shape index (κ2) is 9.14. The van der Waals surface area contributed by atoms with E-state index in [1.54, 1.807) is 19.2 Å². The predicted octanol–water partition coefficient (Wildman–Crippen LogP) is -0.827. The number of aromatic nitrogens is 2. The molecule has 0 spiro atoms. The number of rotatable bonds is 8. The normalized spacial score (nSPS) is 11.8. The quantitative estimate of drug-likeness (QED) is 0.439. The van der Waals surface area contributed by atoms with Crippen molar-refractivity contribution < 1.29 is 14.5 Å². The minimum atomic E-state index is -0.809. The standard InChI is InChI=1S/C19H25N5O4/c1-4-9-24-17(20)16(18(27)22-19(24)28)14(25)10-23(3)11-15(26)21-13-7-5-12(2)6-8-13/h5-8H,4,9-11,20H2,1-3H3,(H,21,26)(H,22,27,28)/p+1. The number of nitrogen functional groups attached to an aromatic ring is 1. The van der Waals surface area contributed by atoms with E-state index in [1.807, 2.05) is 26.0 Å². The third-order valence-corrected chi connectivity index (χ3v) is 4.23. The van der Waals surface area contributed by atoms with Crippen LogP contribution >= 0.6 is 0 Å². The van der Waals surface area contributed by atoms with Crippen molar-refractivity contribution in [3.63, 3.8) is 0 Å². The van der Waals surface area contributed by atoms with Crippen LogP contribution in [0.25, 0.3) is 0 Å². The van der Waals surface area contributed by atoms with Crippen molar-refractivity contribution in [1.29, 1.82) is 0 Å². The number of nitrogens with two attached hydrogens (primary N) is 1. The zero-order valence-corrected chi connectivity index (χ0v) is 16.3. The van der Waals surface area contributed by atoms with Crippen molar-refractivity contribution >= 4 is 23.2 Å². The van der Waals surface area contributed by atoms with E-state index in [1.165, 1.54) is 4.57 Å². The van der Waals surface area contributed by atoms with Gasteiger partial charge in [0.25, 0.3) is 11.5 Å². The highest BCUT2D eigenvalue weighted by molar-refractivity contribution is 6.00. The molecule has 1 unspecified atom stereocenters. The van der Waals surface area contributed by atoms with Crippen LogP contribution in [0.2, 0.25) is 0 Å². The summed E-state index contributed by atoms with van der Waals surface area (Å²) in [5.74, 6) is -0.922. The fraction of sp³-hybridized carbons (Fsp3) is 0.368. The Labute approximate surface area is 162 Å². The third kappa shape index (κ3) is 5.17. The van der Waals surface area contributed by atoms with Crippen LogP contribution < -0.4 is 27.2 Å². The van der Waals surface area contributed by atoms with Gasteiger partial charge in [0.1, 0.15) is 17.9 Å². The number of aryl methyl sites for hydroxylation is 1. The first kappa shape index (κ1) is 21.1. The number of aromatic amines is 1. The summed E-state index contributed by atoms with van der Waals surface area (Å²) in [5.41, 5.74) is 5.96. The first-order valence-corrected chi connectivity index (χ1v) is 9.06. The number of H-pyrrole nitrogens is 1. The minimum Gasteiger partial charge on any atom is -0.384 e. The molecule has 0 saturated carbocycles. The molecule has 1 amide bonds. The van der Waals surface area contributed by atoms with Gasteiger partial charge < -0.3 is 16.0 Å². The van der Waals surface area contributed by atoms with E-state index in [2.05, 4.69) is 10.3 Å². The summed E-state index contributed by atoms with van der Waals surface area (Å²) in [6, 6.07) is 7.36. The van der Waals surface area contributed by atoms with Crippen molar-refractivity contribution in [2.45, 2.75) is 26.8 Å². The molecular weight excluding hydrogens is 362 g/mol. The molecule has 0 radical (unpaired) electrons. The second-order valence-electron chi connectivity index (χ2n) is 6.82. The van der Waals surface area contributed by atoms with Crippen LogP contribution in [0.3, 0.4) is 0 Å². The highest BCUT2D eigenvalue weighted by atomic mass is 16.2. The van der Waals surface area contributed by atoms with E-state index in [9.17, 15) is 19.2 Å². The lowest BCUT2D eigenvalue weighted by Crippen LogP contribution is -3.11. The summed E-state index contributed by atoms with van der Waals surface area (Å²) in [7, 11) is 1.67. The van der Waals surface area contributed by atoms with Gasteiger partial charge in [-0.25, -0.2) is 4.79 Å². The van der Waals surface area contributed by atoms with Crippen LogP contribution in [0.15, 0.2) is 33.9 Å². The van der Waals surface area contributed by atoms with Crippen molar-refractivity contribution in [1.82, 2.24) is 9.55 Å².